The molecule has 0 aliphatic rings. The molecule has 6 nitrogen and oxygen atoms in total. The van der Waals surface area contributed by atoms with E-state index in [1.54, 1.807) is 12.1 Å². The molecule has 3 N–H and O–H groups in total. The van der Waals surface area contributed by atoms with E-state index in [1.165, 1.54) is 6.07 Å². The number of nitrogens with zero attached hydrogens (tertiary/aromatic N) is 2. The number of likely N-dealkylation sites (N-methyl/N-ethyl adjacent to an activating group) is 1. The molecule has 2 aromatic carbocycles. The van der Waals surface area contributed by atoms with Gasteiger partial charge >= 0.3 is 0 Å². The third-order valence-electron chi connectivity index (χ3n) is 4.07. The topological polar surface area (TPSA) is 84.4 Å². The van der Waals surface area contributed by atoms with E-state index in [-0.39, 0.29) is 17.3 Å². The van der Waals surface area contributed by atoms with Gasteiger partial charge in [0.2, 0.25) is 5.89 Å². The summed E-state index contributed by atoms with van der Waals surface area (Å²) in [5.41, 5.74) is 6.14. The van der Waals surface area contributed by atoms with Gasteiger partial charge in [-0.05, 0) is 50.5 Å². The Kier molecular flexibility index (Phi) is 5.70. The standard InChI is InChI=1S/C20H20F2N4O2/c1-26(2)11-10-24-13-8-6-12(7-9-13)18-17(19(23)27)25-20(28-18)16-14(21)4-3-5-15(16)22/h3-9,24H,10-11H2,1-2H3,(H2,23,27). The van der Waals surface area contributed by atoms with Crippen molar-refractivity contribution in [2.45, 2.75) is 0 Å². The molecule has 1 aromatic heterocycles. The Balaban J connectivity index is 1.93. The first kappa shape index (κ1) is 19.5. The van der Waals surface area contributed by atoms with Crippen LogP contribution in [0, 0.1) is 11.6 Å². The number of carbonyl (C=O) groups excluding carboxylic acids is 1. The van der Waals surface area contributed by atoms with E-state index in [0.29, 0.717) is 5.56 Å². The number of anilines is 1. The van der Waals surface area contributed by atoms with Gasteiger partial charge in [0.05, 0.1) is 0 Å². The van der Waals surface area contributed by atoms with Crippen molar-refractivity contribution in [3.05, 3.63) is 59.8 Å². The molecule has 0 aliphatic carbocycles. The van der Waals surface area contributed by atoms with Gasteiger partial charge in [-0.25, -0.2) is 13.8 Å². The maximum atomic E-state index is 14.0. The molecule has 1 heterocycles. The average molecular weight is 386 g/mol. The van der Waals surface area contributed by atoms with Crippen LogP contribution in [-0.2, 0) is 0 Å². The Morgan fingerprint density at radius 2 is 1.79 bits per heavy atom. The summed E-state index contributed by atoms with van der Waals surface area (Å²) >= 11 is 0. The Labute approximate surface area is 161 Å². The van der Waals surface area contributed by atoms with E-state index in [4.69, 9.17) is 10.2 Å². The number of nitrogens with one attached hydrogen (secondary N) is 1. The van der Waals surface area contributed by atoms with Crippen molar-refractivity contribution in [1.82, 2.24) is 9.88 Å². The van der Waals surface area contributed by atoms with Gasteiger partial charge in [0.1, 0.15) is 17.2 Å². The van der Waals surface area contributed by atoms with Crippen molar-refractivity contribution in [2.24, 2.45) is 5.73 Å². The van der Waals surface area contributed by atoms with Gasteiger partial charge in [-0.2, -0.15) is 0 Å². The van der Waals surface area contributed by atoms with Gasteiger partial charge in [0.15, 0.2) is 11.5 Å². The minimum Gasteiger partial charge on any atom is -0.435 e. The summed E-state index contributed by atoms with van der Waals surface area (Å²) in [4.78, 5) is 17.8. The molecule has 0 saturated heterocycles. The predicted molar refractivity (Wildman–Crippen MR) is 103 cm³/mol. The smallest absolute Gasteiger partial charge is 0.271 e. The van der Waals surface area contributed by atoms with Crippen LogP contribution in [0.4, 0.5) is 14.5 Å². The Hall–Kier alpha value is -3.26. The highest BCUT2D eigenvalue weighted by molar-refractivity contribution is 5.97. The number of amides is 1. The fraction of sp³-hybridized carbons (Fsp3) is 0.200. The molecule has 0 fully saturated rings. The number of hydrogen-bond acceptors (Lipinski definition) is 5. The second kappa shape index (κ2) is 8.18. The molecule has 3 aromatic rings. The summed E-state index contributed by atoms with van der Waals surface area (Å²) in [7, 11) is 3.96. The van der Waals surface area contributed by atoms with Crippen LogP contribution in [0.5, 0.6) is 0 Å². The van der Waals surface area contributed by atoms with E-state index in [0.717, 1.165) is 30.9 Å². The van der Waals surface area contributed by atoms with E-state index < -0.39 is 23.1 Å². The lowest BCUT2D eigenvalue weighted by Gasteiger charge is -2.11. The van der Waals surface area contributed by atoms with Crippen molar-refractivity contribution < 1.29 is 18.0 Å². The molecular formula is C20H20F2N4O2. The maximum Gasteiger partial charge on any atom is 0.271 e. The summed E-state index contributed by atoms with van der Waals surface area (Å²) < 4.78 is 33.6. The molecule has 146 valence electrons. The van der Waals surface area contributed by atoms with Gasteiger partial charge in [-0.3, -0.25) is 4.79 Å². The normalized spacial score (nSPS) is 11.0. The van der Waals surface area contributed by atoms with Gasteiger partial charge in [-0.1, -0.05) is 6.07 Å². The molecular weight excluding hydrogens is 366 g/mol. The lowest BCUT2D eigenvalue weighted by Crippen LogP contribution is -2.20. The highest BCUT2D eigenvalue weighted by Crippen LogP contribution is 2.32. The van der Waals surface area contributed by atoms with Crippen LogP contribution in [0.15, 0.2) is 46.9 Å². The fourth-order valence-corrected chi connectivity index (χ4v) is 2.66. The van der Waals surface area contributed by atoms with E-state index in [2.05, 4.69) is 15.2 Å². The molecule has 28 heavy (non-hydrogen) atoms. The molecule has 0 aliphatic heterocycles. The van der Waals surface area contributed by atoms with Crippen LogP contribution < -0.4 is 11.1 Å². The molecule has 1 amide bonds. The monoisotopic (exact) mass is 386 g/mol. The molecule has 0 spiro atoms. The predicted octanol–water partition coefficient (Wildman–Crippen LogP) is 3.36. The first-order valence-corrected chi connectivity index (χ1v) is 8.61. The first-order valence-electron chi connectivity index (χ1n) is 8.61. The largest absolute Gasteiger partial charge is 0.435 e. The van der Waals surface area contributed by atoms with Crippen LogP contribution in [0.25, 0.3) is 22.8 Å². The van der Waals surface area contributed by atoms with Gasteiger partial charge < -0.3 is 20.4 Å². The number of benzene rings is 2. The number of primary amides is 1. The van der Waals surface area contributed by atoms with Crippen molar-refractivity contribution in [3.63, 3.8) is 0 Å². The summed E-state index contributed by atoms with van der Waals surface area (Å²) in [6, 6.07) is 10.4. The number of hydrogen-bond donors (Lipinski definition) is 2. The molecule has 0 radical (unpaired) electrons. The minimum absolute atomic E-state index is 0.0602. The average Bonchev–Trinajstić information content (AvgIpc) is 3.07. The zero-order valence-corrected chi connectivity index (χ0v) is 15.5. The first-order chi connectivity index (χ1) is 13.4. The van der Waals surface area contributed by atoms with Crippen molar-refractivity contribution in [1.29, 1.82) is 0 Å². The van der Waals surface area contributed by atoms with Gasteiger partial charge in [0, 0.05) is 24.3 Å². The van der Waals surface area contributed by atoms with Crippen molar-refractivity contribution in [2.75, 3.05) is 32.5 Å². The third-order valence-corrected chi connectivity index (χ3v) is 4.07. The van der Waals surface area contributed by atoms with Crippen molar-refractivity contribution >= 4 is 11.6 Å². The van der Waals surface area contributed by atoms with Crippen LogP contribution in [0.3, 0.4) is 0 Å². The van der Waals surface area contributed by atoms with Gasteiger partial charge in [-0.15, -0.1) is 0 Å². The number of aromatic nitrogens is 1. The van der Waals surface area contributed by atoms with Crippen LogP contribution >= 0.6 is 0 Å². The SMILES string of the molecule is CN(C)CCNc1ccc(-c2oc(-c3c(F)cccc3F)nc2C(N)=O)cc1. The zero-order valence-electron chi connectivity index (χ0n) is 15.5. The zero-order chi connectivity index (χ0) is 20.3. The third kappa shape index (κ3) is 4.17. The molecule has 8 heteroatoms. The number of rotatable bonds is 7. The maximum absolute atomic E-state index is 14.0. The summed E-state index contributed by atoms with van der Waals surface area (Å²) in [5.74, 6) is -2.82. The van der Waals surface area contributed by atoms with Gasteiger partial charge in [0.25, 0.3) is 5.91 Å². The summed E-state index contributed by atoms with van der Waals surface area (Å²) in [6.45, 7) is 1.63. The second-order valence-corrected chi connectivity index (χ2v) is 6.47. The Morgan fingerprint density at radius 1 is 1.14 bits per heavy atom. The molecule has 0 atom stereocenters. The van der Waals surface area contributed by atoms with Crippen LogP contribution in [-0.4, -0.2) is 43.0 Å². The van der Waals surface area contributed by atoms with Crippen LogP contribution in [0.1, 0.15) is 10.5 Å². The quantitative estimate of drug-likeness (QED) is 0.651. The minimum atomic E-state index is -0.852. The summed E-state index contributed by atoms with van der Waals surface area (Å²) in [5, 5.41) is 3.26. The highest BCUT2D eigenvalue weighted by Gasteiger charge is 2.24. The molecule has 3 rings (SSSR count). The van der Waals surface area contributed by atoms with E-state index in [9.17, 15) is 13.6 Å². The van der Waals surface area contributed by atoms with E-state index in [1.807, 2.05) is 26.2 Å². The van der Waals surface area contributed by atoms with Crippen molar-refractivity contribution in [3.8, 4) is 22.8 Å². The molecule has 0 unspecified atom stereocenters. The molecule has 0 saturated carbocycles. The second-order valence-electron chi connectivity index (χ2n) is 6.47. The lowest BCUT2D eigenvalue weighted by atomic mass is 10.1. The fourth-order valence-electron chi connectivity index (χ4n) is 2.66. The number of carbonyl (C=O) groups is 1. The summed E-state index contributed by atoms with van der Waals surface area (Å²) in [6.07, 6.45) is 0. The van der Waals surface area contributed by atoms with E-state index >= 15 is 0 Å². The molecule has 0 bridgehead atoms. The Morgan fingerprint density at radius 3 is 2.36 bits per heavy atom. The number of nitrogens with two attached hydrogens (primary N) is 1. The van der Waals surface area contributed by atoms with Crippen LogP contribution in [0.2, 0.25) is 0 Å². The number of oxazole rings is 1. The lowest BCUT2D eigenvalue weighted by molar-refractivity contribution is 0.0996. The number of halogens is 2. The Bertz CT molecular complexity index is 964. The highest BCUT2D eigenvalue weighted by atomic mass is 19.1.